The Morgan fingerprint density at radius 3 is 2.64 bits per heavy atom. The highest BCUT2D eigenvalue weighted by Crippen LogP contribution is 2.40. The van der Waals surface area contributed by atoms with Gasteiger partial charge in [-0.15, -0.1) is 5.10 Å². The molecule has 0 aromatic carbocycles. The SMILES string of the molecule is Cc1nn(C)c(C)c1CNC(=O)CC1(Cn2cnnn2)CCCCC1. The van der Waals surface area contributed by atoms with Gasteiger partial charge < -0.3 is 5.32 Å². The van der Waals surface area contributed by atoms with Gasteiger partial charge in [-0.1, -0.05) is 19.3 Å². The van der Waals surface area contributed by atoms with E-state index in [0.29, 0.717) is 19.5 Å². The van der Waals surface area contributed by atoms with E-state index in [-0.39, 0.29) is 11.3 Å². The molecule has 8 nitrogen and oxygen atoms in total. The van der Waals surface area contributed by atoms with E-state index in [1.165, 1.54) is 6.42 Å². The van der Waals surface area contributed by atoms with Crippen molar-refractivity contribution in [1.82, 2.24) is 35.3 Å². The monoisotopic (exact) mass is 345 g/mol. The van der Waals surface area contributed by atoms with Crippen LogP contribution in [0.2, 0.25) is 0 Å². The number of nitrogens with one attached hydrogen (secondary N) is 1. The van der Waals surface area contributed by atoms with Crippen LogP contribution in [-0.2, 0) is 24.9 Å². The average Bonchev–Trinajstić information content (AvgIpc) is 3.15. The number of hydrogen-bond donors (Lipinski definition) is 1. The van der Waals surface area contributed by atoms with Crippen LogP contribution in [0.3, 0.4) is 0 Å². The van der Waals surface area contributed by atoms with E-state index in [1.54, 1.807) is 11.0 Å². The van der Waals surface area contributed by atoms with Crippen molar-refractivity contribution in [3.63, 3.8) is 0 Å². The number of amides is 1. The third-order valence-corrected chi connectivity index (χ3v) is 5.46. The van der Waals surface area contributed by atoms with Gasteiger partial charge in [0.15, 0.2) is 0 Å². The predicted molar refractivity (Wildman–Crippen MR) is 92.5 cm³/mol. The second-order valence-electron chi connectivity index (χ2n) is 7.29. The van der Waals surface area contributed by atoms with Gasteiger partial charge in [0.05, 0.1) is 12.2 Å². The van der Waals surface area contributed by atoms with Gasteiger partial charge in [0, 0.05) is 31.3 Å². The van der Waals surface area contributed by atoms with Crippen molar-refractivity contribution in [2.75, 3.05) is 0 Å². The zero-order chi connectivity index (χ0) is 17.9. The highest BCUT2D eigenvalue weighted by molar-refractivity contribution is 5.76. The first-order chi connectivity index (χ1) is 12.0. The summed E-state index contributed by atoms with van der Waals surface area (Å²) in [5.41, 5.74) is 3.13. The van der Waals surface area contributed by atoms with E-state index in [1.807, 2.05) is 25.6 Å². The molecule has 0 radical (unpaired) electrons. The summed E-state index contributed by atoms with van der Waals surface area (Å²) in [6.07, 6.45) is 7.82. The molecule has 1 aliphatic carbocycles. The normalized spacial score (nSPS) is 16.8. The molecule has 0 atom stereocenters. The van der Waals surface area contributed by atoms with E-state index in [0.717, 1.165) is 42.6 Å². The lowest BCUT2D eigenvalue weighted by atomic mass is 9.71. The number of hydrogen-bond acceptors (Lipinski definition) is 5. The summed E-state index contributed by atoms with van der Waals surface area (Å²) in [7, 11) is 1.93. The van der Waals surface area contributed by atoms with Crippen LogP contribution in [0.15, 0.2) is 6.33 Å². The zero-order valence-electron chi connectivity index (χ0n) is 15.3. The van der Waals surface area contributed by atoms with Gasteiger partial charge in [0.2, 0.25) is 5.91 Å². The second-order valence-corrected chi connectivity index (χ2v) is 7.29. The van der Waals surface area contributed by atoms with Gasteiger partial charge in [0.25, 0.3) is 0 Å². The van der Waals surface area contributed by atoms with Crippen LogP contribution >= 0.6 is 0 Å². The number of carbonyl (C=O) groups excluding carboxylic acids is 1. The van der Waals surface area contributed by atoms with Crippen molar-refractivity contribution in [3.8, 4) is 0 Å². The van der Waals surface area contributed by atoms with E-state index >= 15 is 0 Å². The van der Waals surface area contributed by atoms with Crippen LogP contribution in [-0.4, -0.2) is 35.9 Å². The lowest BCUT2D eigenvalue weighted by Crippen LogP contribution is -2.36. The summed E-state index contributed by atoms with van der Waals surface area (Å²) in [6.45, 7) is 5.25. The Hall–Kier alpha value is -2.25. The van der Waals surface area contributed by atoms with Crippen molar-refractivity contribution in [1.29, 1.82) is 0 Å². The van der Waals surface area contributed by atoms with Gasteiger partial charge in [-0.25, -0.2) is 4.68 Å². The Morgan fingerprint density at radius 1 is 1.28 bits per heavy atom. The fourth-order valence-electron chi connectivity index (χ4n) is 3.95. The van der Waals surface area contributed by atoms with E-state index in [2.05, 4.69) is 25.9 Å². The summed E-state index contributed by atoms with van der Waals surface area (Å²) in [6, 6.07) is 0. The third kappa shape index (κ3) is 4.05. The van der Waals surface area contributed by atoms with Crippen LogP contribution < -0.4 is 5.32 Å². The van der Waals surface area contributed by atoms with Crippen LogP contribution in [0, 0.1) is 19.3 Å². The summed E-state index contributed by atoms with van der Waals surface area (Å²) >= 11 is 0. The Balaban J connectivity index is 1.64. The molecule has 0 spiro atoms. The van der Waals surface area contributed by atoms with Gasteiger partial charge in [-0.3, -0.25) is 9.48 Å². The molecule has 2 aromatic rings. The molecule has 25 heavy (non-hydrogen) atoms. The molecule has 0 unspecified atom stereocenters. The van der Waals surface area contributed by atoms with Crippen LogP contribution in [0.5, 0.6) is 0 Å². The van der Waals surface area contributed by atoms with Gasteiger partial charge in [-0.2, -0.15) is 5.10 Å². The van der Waals surface area contributed by atoms with Crippen LogP contribution in [0.1, 0.15) is 55.5 Å². The first kappa shape index (κ1) is 17.6. The summed E-state index contributed by atoms with van der Waals surface area (Å²) < 4.78 is 3.62. The molecule has 0 aliphatic heterocycles. The number of rotatable bonds is 6. The smallest absolute Gasteiger partial charge is 0.220 e. The maximum Gasteiger partial charge on any atom is 0.220 e. The first-order valence-corrected chi connectivity index (χ1v) is 8.96. The van der Waals surface area contributed by atoms with Crippen molar-refractivity contribution in [2.45, 2.75) is 65.5 Å². The number of tetrazole rings is 1. The summed E-state index contributed by atoms with van der Waals surface area (Å²) in [5, 5.41) is 18.9. The largest absolute Gasteiger partial charge is 0.352 e. The fourth-order valence-corrected chi connectivity index (χ4v) is 3.95. The van der Waals surface area contributed by atoms with Crippen molar-refractivity contribution >= 4 is 5.91 Å². The Labute approximate surface area is 148 Å². The Bertz CT molecular complexity index is 714. The standard InChI is InChI=1S/C17H27N7O/c1-13-15(14(2)23(3)20-13)10-18-16(25)9-17(7-5-4-6-8-17)11-24-12-19-21-22-24/h12H,4-11H2,1-3H3,(H,18,25). The van der Waals surface area contributed by atoms with Gasteiger partial charge >= 0.3 is 0 Å². The highest BCUT2D eigenvalue weighted by Gasteiger charge is 2.35. The molecule has 136 valence electrons. The molecule has 2 aromatic heterocycles. The molecule has 8 heteroatoms. The first-order valence-electron chi connectivity index (χ1n) is 8.96. The quantitative estimate of drug-likeness (QED) is 0.860. The molecule has 2 heterocycles. The lowest BCUT2D eigenvalue weighted by molar-refractivity contribution is -0.124. The zero-order valence-corrected chi connectivity index (χ0v) is 15.3. The Morgan fingerprint density at radius 2 is 2.04 bits per heavy atom. The van der Waals surface area contributed by atoms with Crippen molar-refractivity contribution in [3.05, 3.63) is 23.3 Å². The minimum atomic E-state index is -0.0449. The second kappa shape index (κ2) is 7.33. The minimum absolute atomic E-state index is 0.0449. The predicted octanol–water partition coefficient (Wildman–Crippen LogP) is 1.68. The van der Waals surface area contributed by atoms with Crippen molar-refractivity contribution < 1.29 is 4.79 Å². The molecule has 1 aliphatic rings. The van der Waals surface area contributed by atoms with Crippen molar-refractivity contribution in [2.24, 2.45) is 12.5 Å². The maximum absolute atomic E-state index is 12.6. The molecule has 0 bridgehead atoms. The topological polar surface area (TPSA) is 90.5 Å². The highest BCUT2D eigenvalue weighted by atomic mass is 16.1. The van der Waals surface area contributed by atoms with Gasteiger partial charge in [0.1, 0.15) is 6.33 Å². The maximum atomic E-state index is 12.6. The lowest BCUT2D eigenvalue weighted by Gasteiger charge is -2.36. The fraction of sp³-hybridized carbons (Fsp3) is 0.706. The number of aromatic nitrogens is 6. The molecular weight excluding hydrogens is 318 g/mol. The molecule has 1 fully saturated rings. The number of carbonyl (C=O) groups is 1. The molecule has 3 rings (SSSR count). The van der Waals surface area contributed by atoms with E-state index in [4.69, 9.17) is 0 Å². The summed E-state index contributed by atoms with van der Waals surface area (Å²) in [4.78, 5) is 12.6. The Kier molecular flexibility index (Phi) is 5.15. The van der Waals surface area contributed by atoms with Gasteiger partial charge in [-0.05, 0) is 42.5 Å². The number of aryl methyl sites for hydroxylation is 2. The average molecular weight is 345 g/mol. The molecule has 1 N–H and O–H groups in total. The third-order valence-electron chi connectivity index (χ3n) is 5.46. The molecule has 1 amide bonds. The molecular formula is C17H27N7O. The van der Waals surface area contributed by atoms with E-state index in [9.17, 15) is 4.79 Å². The molecule has 0 saturated heterocycles. The minimum Gasteiger partial charge on any atom is -0.352 e. The number of nitrogens with zero attached hydrogens (tertiary/aromatic N) is 6. The van der Waals surface area contributed by atoms with Crippen LogP contribution in [0.25, 0.3) is 0 Å². The molecule has 1 saturated carbocycles. The van der Waals surface area contributed by atoms with E-state index < -0.39 is 0 Å². The summed E-state index contributed by atoms with van der Waals surface area (Å²) in [5.74, 6) is 0.0950. The van der Waals surface area contributed by atoms with Crippen LogP contribution in [0.4, 0.5) is 0 Å².